The number of allylic oxidation sites excluding steroid dienone is 1. The first-order valence-corrected chi connectivity index (χ1v) is 21.5. The highest BCUT2D eigenvalue weighted by atomic mass is 28.4. The largest absolute Gasteiger partial charge is 0.548 e. The van der Waals surface area contributed by atoms with Gasteiger partial charge in [0.05, 0.1) is 24.1 Å². The summed E-state index contributed by atoms with van der Waals surface area (Å²) >= 11 is 0. The lowest BCUT2D eigenvalue weighted by molar-refractivity contribution is -0.171. The van der Waals surface area contributed by atoms with Crippen LogP contribution >= 0.6 is 0 Å². The van der Waals surface area contributed by atoms with Crippen molar-refractivity contribution in [1.82, 2.24) is 0 Å². The van der Waals surface area contributed by atoms with Crippen LogP contribution in [-0.4, -0.2) is 40.7 Å². The summed E-state index contributed by atoms with van der Waals surface area (Å²) in [6, 6.07) is 0. The molecule has 5 aliphatic rings. The normalized spacial score (nSPS) is 45.4. The van der Waals surface area contributed by atoms with Crippen LogP contribution in [0.5, 0.6) is 0 Å². The van der Waals surface area contributed by atoms with Gasteiger partial charge in [-0.2, -0.15) is 0 Å². The van der Waals surface area contributed by atoms with Crippen LogP contribution in [0.15, 0.2) is 11.8 Å². The molecule has 6 heteroatoms. The van der Waals surface area contributed by atoms with Crippen molar-refractivity contribution in [3.8, 4) is 0 Å². The zero-order valence-electron chi connectivity index (χ0n) is 26.0. The fourth-order valence-corrected chi connectivity index (χ4v) is 11.3. The minimum absolute atomic E-state index is 0.115. The van der Waals surface area contributed by atoms with Crippen molar-refractivity contribution < 1.29 is 18.3 Å². The van der Waals surface area contributed by atoms with Gasteiger partial charge in [-0.05, 0) is 118 Å². The minimum Gasteiger partial charge on any atom is -0.548 e. The summed E-state index contributed by atoms with van der Waals surface area (Å²) in [6.07, 6.45) is 10.5. The third-order valence-corrected chi connectivity index (χ3v) is 17.1. The third-order valence-electron chi connectivity index (χ3n) is 11.7. The summed E-state index contributed by atoms with van der Waals surface area (Å²) in [6.45, 7) is 28.3. The Morgan fingerprint density at radius 3 is 2.08 bits per heavy atom. The predicted octanol–water partition coefficient (Wildman–Crippen LogP) is 8.50. The Kier molecular flexibility index (Phi) is 6.66. The van der Waals surface area contributed by atoms with Crippen molar-refractivity contribution in [3.63, 3.8) is 0 Å². The number of hydrogen-bond donors (Lipinski definition) is 0. The van der Waals surface area contributed by atoms with Gasteiger partial charge in [0.15, 0.2) is 14.1 Å². The molecule has 0 aromatic carbocycles. The molecule has 0 spiro atoms. The van der Waals surface area contributed by atoms with Crippen LogP contribution in [0, 0.1) is 34.5 Å². The Bertz CT molecular complexity index is 930. The molecular formula is C31H56O4Si2. The fraction of sp³-hybridized carbons (Fsp3) is 0.935. The summed E-state index contributed by atoms with van der Waals surface area (Å²) in [4.78, 5) is 0. The molecule has 0 bridgehead atoms. The second kappa shape index (κ2) is 8.68. The van der Waals surface area contributed by atoms with E-state index in [4.69, 9.17) is 18.3 Å². The van der Waals surface area contributed by atoms with E-state index in [2.05, 4.69) is 87.3 Å². The fourth-order valence-electron chi connectivity index (χ4n) is 8.91. The molecule has 0 aromatic rings. The highest BCUT2D eigenvalue weighted by molar-refractivity contribution is 6.74. The van der Waals surface area contributed by atoms with Crippen LogP contribution in [0.1, 0.15) is 87.0 Å². The van der Waals surface area contributed by atoms with E-state index in [9.17, 15) is 0 Å². The van der Waals surface area contributed by atoms with E-state index in [1.165, 1.54) is 37.9 Å². The van der Waals surface area contributed by atoms with Gasteiger partial charge in [-0.25, -0.2) is 0 Å². The average molecular weight is 549 g/mol. The molecular weight excluding hydrogens is 493 g/mol. The van der Waals surface area contributed by atoms with Crippen LogP contribution in [0.4, 0.5) is 0 Å². The van der Waals surface area contributed by atoms with Crippen LogP contribution < -0.4 is 0 Å². The highest BCUT2D eigenvalue weighted by Crippen LogP contribution is 2.68. The van der Waals surface area contributed by atoms with Gasteiger partial charge in [-0.3, -0.25) is 0 Å². The Labute approximate surface area is 229 Å². The molecule has 9 atom stereocenters. The SMILES string of the molecule is CC1(C)OC2C(O1)C1C=C(O[Si](C)(C)C)CC[C@]1(C)C1CC[C@]3(C)C(O[Si](C)(C)C(C)(C)C)CCC3C21. The van der Waals surface area contributed by atoms with Crippen LogP contribution in [0.3, 0.4) is 0 Å². The molecule has 1 heterocycles. The first kappa shape index (κ1) is 28.4. The van der Waals surface area contributed by atoms with Gasteiger partial charge in [0.25, 0.3) is 0 Å². The maximum absolute atomic E-state index is 7.20. The van der Waals surface area contributed by atoms with Crippen LogP contribution in [0.2, 0.25) is 37.8 Å². The number of ether oxygens (including phenoxy) is 2. The van der Waals surface area contributed by atoms with E-state index in [-0.39, 0.29) is 28.1 Å². The summed E-state index contributed by atoms with van der Waals surface area (Å²) in [5.74, 6) is 2.92. The molecule has 0 aromatic heterocycles. The molecule has 0 radical (unpaired) electrons. The minimum atomic E-state index is -1.83. The van der Waals surface area contributed by atoms with Gasteiger partial charge < -0.3 is 18.3 Å². The molecule has 7 unspecified atom stereocenters. The van der Waals surface area contributed by atoms with E-state index in [1.807, 2.05) is 0 Å². The predicted molar refractivity (Wildman–Crippen MR) is 156 cm³/mol. The third kappa shape index (κ3) is 4.66. The summed E-state index contributed by atoms with van der Waals surface area (Å²) in [7, 11) is -3.47. The monoisotopic (exact) mass is 548 g/mol. The van der Waals surface area contributed by atoms with E-state index in [1.54, 1.807) is 0 Å². The second-order valence-corrected chi connectivity index (χ2v) is 25.9. The molecule has 3 saturated carbocycles. The van der Waals surface area contributed by atoms with Crippen molar-refractivity contribution >= 4 is 16.6 Å². The first-order valence-electron chi connectivity index (χ1n) is 15.2. The topological polar surface area (TPSA) is 36.9 Å². The Morgan fingerprint density at radius 1 is 0.838 bits per heavy atom. The lowest BCUT2D eigenvalue weighted by atomic mass is 9.44. The van der Waals surface area contributed by atoms with E-state index < -0.39 is 22.4 Å². The van der Waals surface area contributed by atoms with Crippen LogP contribution in [-0.2, 0) is 18.3 Å². The van der Waals surface area contributed by atoms with Crippen molar-refractivity contribution in [2.75, 3.05) is 0 Å². The number of rotatable bonds is 4. The summed E-state index contributed by atoms with van der Waals surface area (Å²) < 4.78 is 27.5. The van der Waals surface area contributed by atoms with Gasteiger partial charge in [0.1, 0.15) is 0 Å². The van der Waals surface area contributed by atoms with Crippen molar-refractivity contribution in [3.05, 3.63) is 11.8 Å². The van der Waals surface area contributed by atoms with Crippen LogP contribution in [0.25, 0.3) is 0 Å². The Balaban J connectivity index is 1.49. The first-order chi connectivity index (χ1) is 16.8. The van der Waals surface area contributed by atoms with Gasteiger partial charge in [0.2, 0.25) is 8.32 Å². The van der Waals surface area contributed by atoms with E-state index in [0.717, 1.165) is 6.42 Å². The van der Waals surface area contributed by atoms with Gasteiger partial charge in [0, 0.05) is 12.3 Å². The maximum atomic E-state index is 7.20. The van der Waals surface area contributed by atoms with Gasteiger partial charge in [-0.1, -0.05) is 34.6 Å². The molecule has 4 fully saturated rings. The highest BCUT2D eigenvalue weighted by Gasteiger charge is 2.68. The van der Waals surface area contributed by atoms with E-state index in [0.29, 0.717) is 29.8 Å². The molecule has 5 rings (SSSR count). The van der Waals surface area contributed by atoms with E-state index >= 15 is 0 Å². The lowest BCUT2D eigenvalue weighted by Gasteiger charge is -2.62. The molecule has 212 valence electrons. The molecule has 37 heavy (non-hydrogen) atoms. The zero-order chi connectivity index (χ0) is 27.4. The van der Waals surface area contributed by atoms with Gasteiger partial charge >= 0.3 is 0 Å². The summed E-state index contributed by atoms with van der Waals surface area (Å²) in [5, 5.41) is 0.242. The summed E-state index contributed by atoms with van der Waals surface area (Å²) in [5.41, 5.74) is 0.471. The average Bonchev–Trinajstić information content (AvgIpc) is 3.22. The quantitative estimate of drug-likeness (QED) is 0.330. The second-order valence-electron chi connectivity index (χ2n) is 16.7. The molecule has 1 saturated heterocycles. The van der Waals surface area contributed by atoms with Crippen molar-refractivity contribution in [1.29, 1.82) is 0 Å². The standard InChI is InChI=1S/C31H56O4Si2/c1-28(2,3)37(11,12)35-24-14-13-21-25-22(16-18-31(21,24)7)30(6)17-15-20(34-36(8,9)10)19-23(30)26-27(25)33-29(4,5)32-26/h19,21-27H,13-18H2,1-12H3/t21?,22?,23?,24?,25?,26?,27?,30-,31+/m1/s1. The van der Waals surface area contributed by atoms with Crippen molar-refractivity contribution in [2.45, 2.75) is 149 Å². The number of hydrogen-bond acceptors (Lipinski definition) is 4. The Morgan fingerprint density at radius 2 is 1.46 bits per heavy atom. The molecule has 0 amide bonds. The molecule has 4 nitrogen and oxygen atoms in total. The smallest absolute Gasteiger partial charge is 0.241 e. The molecule has 0 N–H and O–H groups in total. The van der Waals surface area contributed by atoms with Crippen molar-refractivity contribution in [2.24, 2.45) is 34.5 Å². The molecule has 4 aliphatic carbocycles. The van der Waals surface area contributed by atoms with Gasteiger partial charge in [-0.15, -0.1) is 0 Å². The Hall–Kier alpha value is -0.146. The maximum Gasteiger partial charge on any atom is 0.241 e. The molecule has 1 aliphatic heterocycles. The zero-order valence-corrected chi connectivity index (χ0v) is 28.0. The number of fused-ring (bicyclic) bond motifs is 8. The lowest BCUT2D eigenvalue weighted by Crippen LogP contribution is -2.62.